The number of aliphatic carboxylic acids is 1. The van der Waals surface area contributed by atoms with Crippen molar-refractivity contribution in [2.24, 2.45) is 5.92 Å². The van der Waals surface area contributed by atoms with Crippen molar-refractivity contribution in [2.45, 2.75) is 36.3 Å². The van der Waals surface area contributed by atoms with Crippen LogP contribution in [-0.2, 0) is 21.1 Å². The first-order chi connectivity index (χ1) is 8.82. The minimum absolute atomic E-state index is 0.177. The fourth-order valence-corrected chi connectivity index (χ4v) is 3.61. The molecule has 0 heterocycles. The number of carboxylic acids is 1. The van der Waals surface area contributed by atoms with Crippen molar-refractivity contribution in [3.8, 4) is 0 Å². The summed E-state index contributed by atoms with van der Waals surface area (Å²) in [5.74, 6) is -2.39. The van der Waals surface area contributed by atoms with E-state index in [4.69, 9.17) is 5.11 Å². The van der Waals surface area contributed by atoms with Crippen LogP contribution in [-0.4, -0.2) is 24.7 Å². The van der Waals surface area contributed by atoms with Crippen LogP contribution in [0.15, 0.2) is 23.1 Å². The Morgan fingerprint density at radius 3 is 2.58 bits per heavy atom. The van der Waals surface area contributed by atoms with Gasteiger partial charge in [0.05, 0.1) is 11.2 Å². The summed E-state index contributed by atoms with van der Waals surface area (Å²) < 4.78 is 37.7. The molecule has 1 aliphatic rings. The predicted molar refractivity (Wildman–Crippen MR) is 67.1 cm³/mol. The highest BCUT2D eigenvalue weighted by Gasteiger charge is 2.38. The van der Waals surface area contributed by atoms with Crippen molar-refractivity contribution in [1.29, 1.82) is 0 Å². The highest BCUT2D eigenvalue weighted by atomic mass is 32.2. The third-order valence-electron chi connectivity index (χ3n) is 3.23. The van der Waals surface area contributed by atoms with Crippen LogP contribution in [0, 0.1) is 11.7 Å². The van der Waals surface area contributed by atoms with Gasteiger partial charge >= 0.3 is 5.97 Å². The lowest BCUT2D eigenvalue weighted by Crippen LogP contribution is -2.13. The molecule has 0 bridgehead atoms. The molecule has 2 rings (SSSR count). The Kier molecular flexibility index (Phi) is 3.62. The molecular weight excluding hydrogens is 271 g/mol. The SMILES string of the molecule is CC(Cc1ccc(S(=O)(=O)C2CC2)c(F)c1)C(=O)O. The Hall–Kier alpha value is -1.43. The van der Waals surface area contributed by atoms with Gasteiger partial charge in [-0.25, -0.2) is 12.8 Å². The smallest absolute Gasteiger partial charge is 0.306 e. The molecule has 0 radical (unpaired) electrons. The molecule has 0 spiro atoms. The molecule has 1 unspecified atom stereocenters. The van der Waals surface area contributed by atoms with Crippen LogP contribution >= 0.6 is 0 Å². The van der Waals surface area contributed by atoms with Gasteiger partial charge in [0.25, 0.3) is 0 Å². The van der Waals surface area contributed by atoms with E-state index in [-0.39, 0.29) is 11.3 Å². The van der Waals surface area contributed by atoms with E-state index in [1.807, 2.05) is 0 Å². The maximum absolute atomic E-state index is 13.9. The number of carbonyl (C=O) groups is 1. The molecule has 0 aromatic heterocycles. The zero-order valence-corrected chi connectivity index (χ0v) is 11.3. The first kappa shape index (κ1) is 14.0. The average Bonchev–Trinajstić information content (AvgIpc) is 3.12. The van der Waals surface area contributed by atoms with Gasteiger partial charge in [-0.1, -0.05) is 13.0 Å². The molecular formula is C13H15FO4S. The topological polar surface area (TPSA) is 71.4 Å². The van der Waals surface area contributed by atoms with Gasteiger partial charge in [-0.15, -0.1) is 0 Å². The minimum atomic E-state index is -3.55. The van der Waals surface area contributed by atoms with E-state index >= 15 is 0 Å². The van der Waals surface area contributed by atoms with Crippen molar-refractivity contribution in [1.82, 2.24) is 0 Å². The Morgan fingerprint density at radius 1 is 1.47 bits per heavy atom. The monoisotopic (exact) mass is 286 g/mol. The lowest BCUT2D eigenvalue weighted by Gasteiger charge is -2.09. The van der Waals surface area contributed by atoms with Crippen molar-refractivity contribution >= 4 is 15.8 Å². The molecule has 1 fully saturated rings. The summed E-state index contributed by atoms with van der Waals surface area (Å²) >= 11 is 0. The molecule has 19 heavy (non-hydrogen) atoms. The number of sulfone groups is 1. The summed E-state index contributed by atoms with van der Waals surface area (Å²) in [5, 5.41) is 8.33. The van der Waals surface area contributed by atoms with E-state index in [1.165, 1.54) is 19.1 Å². The van der Waals surface area contributed by atoms with E-state index < -0.39 is 32.8 Å². The van der Waals surface area contributed by atoms with Crippen LogP contribution in [0.5, 0.6) is 0 Å². The Balaban J connectivity index is 2.25. The first-order valence-electron chi connectivity index (χ1n) is 6.07. The third-order valence-corrected chi connectivity index (χ3v) is 5.52. The fourth-order valence-electron chi connectivity index (χ4n) is 1.90. The third kappa shape index (κ3) is 2.94. The van der Waals surface area contributed by atoms with E-state index in [0.29, 0.717) is 18.4 Å². The van der Waals surface area contributed by atoms with E-state index in [9.17, 15) is 17.6 Å². The first-order valence-corrected chi connectivity index (χ1v) is 7.62. The molecule has 1 aromatic carbocycles. The van der Waals surface area contributed by atoms with Crippen molar-refractivity contribution in [3.63, 3.8) is 0 Å². The summed E-state index contributed by atoms with van der Waals surface area (Å²) in [6, 6.07) is 3.85. The summed E-state index contributed by atoms with van der Waals surface area (Å²) in [6.45, 7) is 1.52. The van der Waals surface area contributed by atoms with E-state index in [1.54, 1.807) is 0 Å². The van der Waals surface area contributed by atoms with Crippen LogP contribution in [0.3, 0.4) is 0 Å². The second-order valence-corrected chi connectivity index (χ2v) is 7.15. The second-order valence-electron chi connectivity index (χ2n) is 4.95. The maximum Gasteiger partial charge on any atom is 0.306 e. The summed E-state index contributed by atoms with van der Waals surface area (Å²) in [5.41, 5.74) is 0.488. The van der Waals surface area contributed by atoms with Gasteiger partial charge in [-0.2, -0.15) is 0 Å². The van der Waals surface area contributed by atoms with Crippen LogP contribution in [0.2, 0.25) is 0 Å². The molecule has 1 N–H and O–H groups in total. The van der Waals surface area contributed by atoms with Gasteiger partial charge in [0.15, 0.2) is 9.84 Å². The lowest BCUT2D eigenvalue weighted by molar-refractivity contribution is -0.141. The van der Waals surface area contributed by atoms with Crippen LogP contribution in [0.25, 0.3) is 0 Å². The van der Waals surface area contributed by atoms with Crippen LogP contribution < -0.4 is 0 Å². The normalized spacial score (nSPS) is 17.2. The fraction of sp³-hybridized carbons (Fsp3) is 0.462. The number of benzene rings is 1. The lowest BCUT2D eigenvalue weighted by atomic mass is 10.0. The molecule has 1 saturated carbocycles. The van der Waals surface area contributed by atoms with Gasteiger partial charge in [0.2, 0.25) is 0 Å². The van der Waals surface area contributed by atoms with Crippen molar-refractivity contribution in [2.75, 3.05) is 0 Å². The Labute approximate surface area is 111 Å². The molecule has 104 valence electrons. The molecule has 1 atom stereocenters. The van der Waals surface area contributed by atoms with Gasteiger partial charge < -0.3 is 5.11 Å². The number of halogens is 1. The summed E-state index contributed by atoms with van der Waals surface area (Å²) in [7, 11) is -3.55. The molecule has 1 aromatic rings. The molecule has 0 saturated heterocycles. The van der Waals surface area contributed by atoms with Gasteiger partial charge in [0.1, 0.15) is 10.7 Å². The standard InChI is InChI=1S/C13H15FO4S/c1-8(13(15)16)6-9-2-5-12(11(14)7-9)19(17,18)10-3-4-10/h2,5,7-8,10H,3-4,6H2,1H3,(H,15,16). The molecule has 4 nitrogen and oxygen atoms in total. The average molecular weight is 286 g/mol. The van der Waals surface area contributed by atoms with E-state index in [0.717, 1.165) is 6.07 Å². The predicted octanol–water partition coefficient (Wildman–Crippen LogP) is 2.02. The highest BCUT2D eigenvalue weighted by Crippen LogP contribution is 2.34. The number of hydrogen-bond acceptors (Lipinski definition) is 3. The highest BCUT2D eigenvalue weighted by molar-refractivity contribution is 7.92. The molecule has 1 aliphatic carbocycles. The number of hydrogen-bond donors (Lipinski definition) is 1. The molecule has 0 amide bonds. The quantitative estimate of drug-likeness (QED) is 0.899. The van der Waals surface area contributed by atoms with Crippen LogP contribution in [0.1, 0.15) is 25.3 Å². The maximum atomic E-state index is 13.9. The van der Waals surface area contributed by atoms with Crippen LogP contribution in [0.4, 0.5) is 4.39 Å². The largest absolute Gasteiger partial charge is 0.481 e. The minimum Gasteiger partial charge on any atom is -0.481 e. The number of carboxylic acid groups (broad SMARTS) is 1. The Morgan fingerprint density at radius 2 is 2.11 bits per heavy atom. The Bertz CT molecular complexity index is 605. The second kappa shape index (κ2) is 4.92. The summed E-state index contributed by atoms with van der Waals surface area (Å²) in [6.07, 6.45) is 1.34. The summed E-state index contributed by atoms with van der Waals surface area (Å²) in [4.78, 5) is 10.4. The molecule has 6 heteroatoms. The molecule has 0 aliphatic heterocycles. The zero-order chi connectivity index (χ0) is 14.2. The van der Waals surface area contributed by atoms with Gasteiger partial charge in [0, 0.05) is 0 Å². The van der Waals surface area contributed by atoms with Crippen molar-refractivity contribution < 1.29 is 22.7 Å². The van der Waals surface area contributed by atoms with Crippen molar-refractivity contribution in [3.05, 3.63) is 29.6 Å². The zero-order valence-electron chi connectivity index (χ0n) is 10.5. The van der Waals surface area contributed by atoms with E-state index in [2.05, 4.69) is 0 Å². The number of rotatable bonds is 5. The van der Waals surface area contributed by atoms with Gasteiger partial charge in [-0.05, 0) is 37.0 Å². The van der Waals surface area contributed by atoms with Gasteiger partial charge in [-0.3, -0.25) is 4.79 Å².